The lowest BCUT2D eigenvalue weighted by Crippen LogP contribution is -2.09. The third kappa shape index (κ3) is 3.40. The first-order valence-corrected chi connectivity index (χ1v) is 9.66. The van der Waals surface area contributed by atoms with Crippen molar-refractivity contribution < 1.29 is 9.13 Å². The monoisotopic (exact) mass is 396 g/mol. The number of ether oxygens (including phenoxy) is 1. The van der Waals surface area contributed by atoms with Crippen LogP contribution in [0.3, 0.4) is 0 Å². The van der Waals surface area contributed by atoms with Crippen LogP contribution in [-0.4, -0.2) is 22.3 Å². The van der Waals surface area contributed by atoms with E-state index in [-0.39, 0.29) is 16.9 Å². The Hall–Kier alpha value is -2.73. The number of halogens is 2. The van der Waals surface area contributed by atoms with Crippen molar-refractivity contribution in [1.29, 1.82) is 0 Å². The molecule has 0 atom stereocenters. The molecule has 0 radical (unpaired) electrons. The first kappa shape index (κ1) is 17.4. The summed E-state index contributed by atoms with van der Waals surface area (Å²) in [5.74, 6) is 1.54. The lowest BCUT2D eigenvalue weighted by atomic mass is 10.1. The third-order valence-electron chi connectivity index (χ3n) is 5.08. The minimum atomic E-state index is -0.412. The summed E-state index contributed by atoms with van der Waals surface area (Å²) in [5, 5.41) is 3.34. The number of anilines is 1. The quantitative estimate of drug-likeness (QED) is 0.723. The molecule has 3 aliphatic rings. The average Bonchev–Trinajstić information content (AvgIpc) is 3.27. The molecular formula is C21H18ClFN4O. The fourth-order valence-electron chi connectivity index (χ4n) is 3.56. The topological polar surface area (TPSA) is 59.4 Å². The van der Waals surface area contributed by atoms with Crippen LogP contribution in [0.4, 0.5) is 10.2 Å². The molecule has 2 heterocycles. The number of aliphatic imine (C=N–C) groups is 1. The molecule has 1 saturated carbocycles. The van der Waals surface area contributed by atoms with Crippen LogP contribution >= 0.6 is 11.6 Å². The summed E-state index contributed by atoms with van der Waals surface area (Å²) in [5.41, 5.74) is 3.98. The summed E-state index contributed by atoms with van der Waals surface area (Å²) < 4.78 is 20.4. The van der Waals surface area contributed by atoms with Gasteiger partial charge in [-0.05, 0) is 55.4 Å². The molecule has 1 N–H and O–H groups in total. The van der Waals surface area contributed by atoms with Gasteiger partial charge in [0.15, 0.2) is 11.6 Å². The highest BCUT2D eigenvalue weighted by Crippen LogP contribution is 2.38. The molecule has 2 aliphatic carbocycles. The Balaban J connectivity index is 1.37. The second-order valence-corrected chi connectivity index (χ2v) is 7.79. The standard InChI is InChI=1S/C21H18ClFN4O/c1-11-6-13-4-5-16(20(23)15(13)7-11)28-21-25-17(22)9-19(27-21)26-18-8-14(10-24-18)12-2-3-12/h4-5,7-9,12H,2-3,6,10H2,1H3,(H,24,25,26,27). The number of nitrogens with one attached hydrogen (secondary N) is 1. The Morgan fingerprint density at radius 2 is 2.07 bits per heavy atom. The Morgan fingerprint density at radius 1 is 1.21 bits per heavy atom. The van der Waals surface area contributed by atoms with Crippen molar-refractivity contribution in [3.63, 3.8) is 0 Å². The summed E-state index contributed by atoms with van der Waals surface area (Å²) >= 11 is 6.11. The van der Waals surface area contributed by atoms with Crippen molar-refractivity contribution in [2.75, 3.05) is 11.9 Å². The van der Waals surface area contributed by atoms with Gasteiger partial charge in [0.25, 0.3) is 0 Å². The Bertz CT molecular complexity index is 1070. The molecule has 0 unspecified atom stereocenters. The zero-order valence-electron chi connectivity index (χ0n) is 15.3. The molecule has 1 aromatic carbocycles. The fraction of sp³-hybridized carbons (Fsp3) is 0.286. The minimum absolute atomic E-state index is 0.0162. The van der Waals surface area contributed by atoms with Crippen LogP contribution in [0.15, 0.2) is 40.4 Å². The molecule has 0 saturated heterocycles. The molecule has 7 heteroatoms. The first-order valence-electron chi connectivity index (χ1n) is 9.28. The number of amidine groups is 1. The van der Waals surface area contributed by atoms with Crippen molar-refractivity contribution >= 4 is 29.3 Å². The Kier molecular flexibility index (Phi) is 4.16. The van der Waals surface area contributed by atoms with Gasteiger partial charge < -0.3 is 10.1 Å². The van der Waals surface area contributed by atoms with E-state index in [2.05, 4.69) is 26.4 Å². The van der Waals surface area contributed by atoms with E-state index in [0.717, 1.165) is 29.9 Å². The normalized spacial score (nSPS) is 17.8. The molecule has 5 nitrogen and oxygen atoms in total. The number of aromatic nitrogens is 2. The van der Waals surface area contributed by atoms with Gasteiger partial charge in [0.1, 0.15) is 16.8 Å². The maximum Gasteiger partial charge on any atom is 0.325 e. The zero-order chi connectivity index (χ0) is 19.3. The Labute approximate surface area is 167 Å². The van der Waals surface area contributed by atoms with E-state index < -0.39 is 5.82 Å². The smallest absolute Gasteiger partial charge is 0.325 e. The van der Waals surface area contributed by atoms with Gasteiger partial charge >= 0.3 is 6.01 Å². The van der Waals surface area contributed by atoms with E-state index in [9.17, 15) is 4.39 Å². The first-order chi connectivity index (χ1) is 13.5. The predicted octanol–water partition coefficient (Wildman–Crippen LogP) is 5.18. The van der Waals surface area contributed by atoms with Crippen LogP contribution < -0.4 is 10.1 Å². The van der Waals surface area contributed by atoms with Crippen molar-refractivity contribution in [2.45, 2.75) is 26.2 Å². The average molecular weight is 397 g/mol. The number of allylic oxidation sites excluding steroid dienone is 1. The largest absolute Gasteiger partial charge is 0.421 e. The lowest BCUT2D eigenvalue weighted by Gasteiger charge is -2.10. The molecule has 1 aromatic heterocycles. The maximum atomic E-state index is 14.8. The molecule has 28 heavy (non-hydrogen) atoms. The van der Waals surface area contributed by atoms with Gasteiger partial charge in [-0.2, -0.15) is 9.97 Å². The summed E-state index contributed by atoms with van der Waals surface area (Å²) in [7, 11) is 0. The maximum absolute atomic E-state index is 14.8. The van der Waals surface area contributed by atoms with Crippen molar-refractivity contribution in [3.05, 3.63) is 57.5 Å². The van der Waals surface area contributed by atoms with Crippen LogP contribution in [0.1, 0.15) is 30.9 Å². The van der Waals surface area contributed by atoms with E-state index in [1.165, 1.54) is 18.4 Å². The predicted molar refractivity (Wildman–Crippen MR) is 108 cm³/mol. The second kappa shape index (κ2) is 6.71. The molecule has 0 amide bonds. The number of rotatable bonds is 4. The van der Waals surface area contributed by atoms with Gasteiger partial charge in [-0.3, -0.25) is 4.99 Å². The van der Waals surface area contributed by atoms with E-state index in [0.29, 0.717) is 17.3 Å². The van der Waals surface area contributed by atoms with E-state index in [1.807, 2.05) is 19.1 Å². The molecule has 0 bridgehead atoms. The summed E-state index contributed by atoms with van der Waals surface area (Å²) in [4.78, 5) is 12.8. The molecule has 2 aromatic rings. The summed E-state index contributed by atoms with van der Waals surface area (Å²) in [6, 6.07) is 5.04. The molecule has 0 spiro atoms. The summed E-state index contributed by atoms with van der Waals surface area (Å²) in [6.07, 6.45) is 7.14. The van der Waals surface area contributed by atoms with Gasteiger partial charge in [0.05, 0.1) is 6.54 Å². The van der Waals surface area contributed by atoms with Crippen molar-refractivity contribution in [1.82, 2.24) is 9.97 Å². The van der Waals surface area contributed by atoms with Gasteiger partial charge in [0, 0.05) is 11.6 Å². The van der Waals surface area contributed by atoms with Gasteiger partial charge in [0.2, 0.25) is 0 Å². The van der Waals surface area contributed by atoms with Crippen molar-refractivity contribution in [2.24, 2.45) is 10.9 Å². The number of benzene rings is 1. The van der Waals surface area contributed by atoms with Crippen molar-refractivity contribution in [3.8, 4) is 11.8 Å². The SMILES string of the molecule is CC1=Cc2c(ccc(Oc3nc(Cl)cc(NC4=NCC(C5CC5)=C4)n3)c2F)C1. The second-order valence-electron chi connectivity index (χ2n) is 7.40. The van der Waals surface area contributed by atoms with E-state index in [1.54, 1.807) is 12.1 Å². The molecule has 1 fully saturated rings. The van der Waals surface area contributed by atoms with Crippen LogP contribution in [0, 0.1) is 11.7 Å². The van der Waals surface area contributed by atoms with E-state index in [4.69, 9.17) is 16.3 Å². The van der Waals surface area contributed by atoms with Crippen LogP contribution in [-0.2, 0) is 6.42 Å². The van der Waals surface area contributed by atoms with Gasteiger partial charge in [-0.15, -0.1) is 0 Å². The Morgan fingerprint density at radius 3 is 2.89 bits per heavy atom. The molecule has 142 valence electrons. The van der Waals surface area contributed by atoms with E-state index >= 15 is 0 Å². The number of hydrogen-bond acceptors (Lipinski definition) is 5. The van der Waals surface area contributed by atoms with Gasteiger partial charge in [-0.1, -0.05) is 29.3 Å². The number of nitrogens with zero attached hydrogens (tertiary/aromatic N) is 3. The van der Waals surface area contributed by atoms with Crippen LogP contribution in [0.5, 0.6) is 11.8 Å². The minimum Gasteiger partial charge on any atom is -0.421 e. The highest BCUT2D eigenvalue weighted by Gasteiger charge is 2.28. The van der Waals surface area contributed by atoms with Gasteiger partial charge in [-0.25, -0.2) is 4.39 Å². The third-order valence-corrected chi connectivity index (χ3v) is 5.28. The molecular weight excluding hydrogens is 379 g/mol. The molecule has 5 rings (SSSR count). The number of hydrogen-bond donors (Lipinski definition) is 1. The molecule has 1 aliphatic heterocycles. The lowest BCUT2D eigenvalue weighted by molar-refractivity contribution is 0.411. The zero-order valence-corrected chi connectivity index (χ0v) is 16.1. The highest BCUT2D eigenvalue weighted by molar-refractivity contribution is 6.29. The summed E-state index contributed by atoms with van der Waals surface area (Å²) in [6.45, 7) is 2.70. The van der Waals surface area contributed by atoms with Crippen LogP contribution in [0.25, 0.3) is 6.08 Å². The highest BCUT2D eigenvalue weighted by atomic mass is 35.5. The van der Waals surface area contributed by atoms with Crippen LogP contribution in [0.2, 0.25) is 5.15 Å². The fourth-order valence-corrected chi connectivity index (χ4v) is 3.73. The number of fused-ring (bicyclic) bond motifs is 1.